The van der Waals surface area contributed by atoms with Gasteiger partial charge in [0.1, 0.15) is 0 Å². The minimum absolute atomic E-state index is 0.334. The molecule has 86 valence electrons. The molecule has 0 atom stereocenters. The van der Waals surface area contributed by atoms with E-state index in [9.17, 15) is 4.79 Å². The summed E-state index contributed by atoms with van der Waals surface area (Å²) in [5, 5.41) is 3.90. The van der Waals surface area contributed by atoms with E-state index in [0.717, 1.165) is 5.56 Å². The lowest BCUT2D eigenvalue weighted by molar-refractivity contribution is 0.187. The van der Waals surface area contributed by atoms with E-state index in [-0.39, 0.29) is 0 Å². The summed E-state index contributed by atoms with van der Waals surface area (Å²) < 4.78 is 5.26. The van der Waals surface area contributed by atoms with E-state index in [1.807, 2.05) is 37.3 Å². The van der Waals surface area contributed by atoms with Crippen molar-refractivity contribution in [2.45, 2.75) is 6.92 Å². The molecule has 0 bridgehead atoms. The first kappa shape index (κ1) is 12.2. The molecular weight excluding hydrogens is 206 g/mol. The number of benzene rings is 1. The van der Waals surface area contributed by atoms with Crippen LogP contribution in [0, 0.1) is 0 Å². The van der Waals surface area contributed by atoms with Gasteiger partial charge in [-0.15, -0.1) is 0 Å². The number of rotatable bonds is 5. The fourth-order valence-electron chi connectivity index (χ4n) is 1.13. The van der Waals surface area contributed by atoms with Gasteiger partial charge >= 0.3 is 6.03 Å². The predicted molar refractivity (Wildman–Crippen MR) is 62.2 cm³/mol. The third-order valence-corrected chi connectivity index (χ3v) is 1.85. The van der Waals surface area contributed by atoms with Crippen molar-refractivity contribution in [2.75, 3.05) is 13.2 Å². The minimum atomic E-state index is -0.690. The summed E-state index contributed by atoms with van der Waals surface area (Å²) in [4.78, 5) is 10.6. The highest BCUT2D eigenvalue weighted by molar-refractivity contribution is 6.01. The number of hydrogen-bond acceptors (Lipinski definition) is 3. The van der Waals surface area contributed by atoms with Crippen molar-refractivity contribution in [3.8, 4) is 0 Å². The van der Waals surface area contributed by atoms with Crippen LogP contribution in [0.2, 0.25) is 0 Å². The van der Waals surface area contributed by atoms with Crippen LogP contribution >= 0.6 is 0 Å². The Hall–Kier alpha value is -1.88. The number of hydrazone groups is 1. The van der Waals surface area contributed by atoms with Crippen LogP contribution in [0.25, 0.3) is 0 Å². The van der Waals surface area contributed by atoms with Gasteiger partial charge in [-0.25, -0.2) is 10.2 Å². The molecule has 5 heteroatoms. The van der Waals surface area contributed by atoms with Crippen LogP contribution in [0.1, 0.15) is 12.5 Å². The Balaban J connectivity index is 2.78. The third-order valence-electron chi connectivity index (χ3n) is 1.85. The zero-order chi connectivity index (χ0) is 11.8. The van der Waals surface area contributed by atoms with Gasteiger partial charge in [-0.05, 0) is 6.92 Å². The number of carbonyl (C=O) groups is 1. The molecule has 1 aromatic carbocycles. The van der Waals surface area contributed by atoms with Crippen LogP contribution in [0.5, 0.6) is 0 Å². The van der Waals surface area contributed by atoms with Gasteiger partial charge in [0, 0.05) is 12.2 Å². The fourth-order valence-corrected chi connectivity index (χ4v) is 1.13. The van der Waals surface area contributed by atoms with Crippen molar-refractivity contribution in [1.82, 2.24) is 5.43 Å². The topological polar surface area (TPSA) is 76.7 Å². The number of nitrogens with two attached hydrogens (primary N) is 1. The lowest BCUT2D eigenvalue weighted by atomic mass is 10.1. The molecule has 0 unspecified atom stereocenters. The van der Waals surface area contributed by atoms with E-state index in [4.69, 9.17) is 10.5 Å². The molecule has 5 nitrogen and oxygen atoms in total. The summed E-state index contributed by atoms with van der Waals surface area (Å²) in [5.74, 6) is 0. The van der Waals surface area contributed by atoms with E-state index in [1.165, 1.54) is 0 Å². The summed E-state index contributed by atoms with van der Waals surface area (Å²) in [6.07, 6.45) is 0. The molecule has 0 fully saturated rings. The summed E-state index contributed by atoms with van der Waals surface area (Å²) in [5.41, 5.74) is 8.68. The van der Waals surface area contributed by atoms with Crippen molar-refractivity contribution in [3.63, 3.8) is 0 Å². The molecular formula is C11H15N3O2. The number of urea groups is 1. The number of amides is 2. The summed E-state index contributed by atoms with van der Waals surface area (Å²) in [6.45, 7) is 2.81. The van der Waals surface area contributed by atoms with Crippen molar-refractivity contribution in [2.24, 2.45) is 10.8 Å². The molecule has 1 rings (SSSR count). The van der Waals surface area contributed by atoms with Crippen LogP contribution in [0.4, 0.5) is 4.79 Å². The van der Waals surface area contributed by atoms with E-state index in [0.29, 0.717) is 18.9 Å². The Morgan fingerprint density at radius 1 is 1.44 bits per heavy atom. The van der Waals surface area contributed by atoms with Gasteiger partial charge in [-0.1, -0.05) is 30.3 Å². The highest BCUT2D eigenvalue weighted by Crippen LogP contribution is 2.01. The van der Waals surface area contributed by atoms with Crippen LogP contribution in [0.3, 0.4) is 0 Å². The maximum Gasteiger partial charge on any atom is 0.332 e. The predicted octanol–water partition coefficient (Wildman–Crippen LogP) is 1.10. The van der Waals surface area contributed by atoms with Crippen molar-refractivity contribution >= 4 is 11.7 Å². The second-order valence-corrected chi connectivity index (χ2v) is 3.04. The molecule has 0 radical (unpaired) electrons. The van der Waals surface area contributed by atoms with Crippen LogP contribution in [0.15, 0.2) is 35.4 Å². The molecule has 0 aliphatic carbocycles. The molecule has 0 heterocycles. The molecule has 0 saturated heterocycles. The van der Waals surface area contributed by atoms with Gasteiger partial charge in [-0.2, -0.15) is 5.10 Å². The van der Waals surface area contributed by atoms with Crippen LogP contribution < -0.4 is 11.2 Å². The molecule has 2 amide bonds. The normalized spacial score (nSPS) is 11.2. The fraction of sp³-hybridized carbons (Fsp3) is 0.273. The maximum atomic E-state index is 10.6. The second kappa shape index (κ2) is 6.58. The summed E-state index contributed by atoms with van der Waals surface area (Å²) >= 11 is 0. The monoisotopic (exact) mass is 221 g/mol. The second-order valence-electron chi connectivity index (χ2n) is 3.04. The first-order valence-corrected chi connectivity index (χ1v) is 4.99. The first-order valence-electron chi connectivity index (χ1n) is 4.99. The zero-order valence-corrected chi connectivity index (χ0v) is 9.14. The van der Waals surface area contributed by atoms with Gasteiger partial charge in [0.15, 0.2) is 0 Å². The Morgan fingerprint density at radius 3 is 2.69 bits per heavy atom. The van der Waals surface area contributed by atoms with E-state index in [2.05, 4.69) is 10.5 Å². The Bertz CT molecular complexity index is 363. The Kier molecular flexibility index (Phi) is 5.01. The molecule has 0 saturated carbocycles. The van der Waals surface area contributed by atoms with E-state index >= 15 is 0 Å². The number of nitrogens with one attached hydrogen (secondary N) is 1. The van der Waals surface area contributed by atoms with Crippen molar-refractivity contribution in [1.29, 1.82) is 0 Å². The molecule has 0 aliphatic heterocycles. The highest BCUT2D eigenvalue weighted by Gasteiger charge is 2.03. The number of hydrogen-bond donors (Lipinski definition) is 2. The Labute approximate surface area is 94.3 Å². The van der Waals surface area contributed by atoms with Gasteiger partial charge < -0.3 is 10.5 Å². The molecule has 1 aromatic rings. The first-order chi connectivity index (χ1) is 7.74. The lowest BCUT2D eigenvalue weighted by Gasteiger charge is -2.06. The van der Waals surface area contributed by atoms with E-state index < -0.39 is 6.03 Å². The standard InChI is InChI=1S/C11H15N3O2/c1-2-16-8-10(13-14-11(12)15)9-6-4-3-5-7-9/h3-7H,2,8H2,1H3,(H3,12,14,15). The molecule has 0 aromatic heterocycles. The SMILES string of the molecule is CCOCC(=NNC(N)=O)c1ccccc1. The lowest BCUT2D eigenvalue weighted by Crippen LogP contribution is -2.27. The average molecular weight is 221 g/mol. The minimum Gasteiger partial charge on any atom is -0.375 e. The van der Waals surface area contributed by atoms with Crippen LogP contribution in [-0.2, 0) is 4.74 Å². The quantitative estimate of drug-likeness (QED) is 0.577. The Morgan fingerprint density at radius 2 is 2.12 bits per heavy atom. The molecule has 3 N–H and O–H groups in total. The maximum absolute atomic E-state index is 10.6. The number of primary amides is 1. The third kappa shape index (κ3) is 4.10. The molecule has 0 aliphatic rings. The smallest absolute Gasteiger partial charge is 0.332 e. The molecule has 0 spiro atoms. The average Bonchev–Trinajstić information content (AvgIpc) is 2.30. The largest absolute Gasteiger partial charge is 0.375 e. The number of carbonyl (C=O) groups excluding carboxylic acids is 1. The number of nitrogens with zero attached hydrogens (tertiary/aromatic N) is 1. The summed E-state index contributed by atoms with van der Waals surface area (Å²) in [6, 6.07) is 8.77. The summed E-state index contributed by atoms with van der Waals surface area (Å²) in [7, 11) is 0. The van der Waals surface area contributed by atoms with Gasteiger partial charge in [0.05, 0.1) is 12.3 Å². The van der Waals surface area contributed by atoms with Gasteiger partial charge in [-0.3, -0.25) is 0 Å². The molecule has 16 heavy (non-hydrogen) atoms. The van der Waals surface area contributed by atoms with Crippen molar-refractivity contribution < 1.29 is 9.53 Å². The zero-order valence-electron chi connectivity index (χ0n) is 9.14. The van der Waals surface area contributed by atoms with Gasteiger partial charge in [0.25, 0.3) is 0 Å². The van der Waals surface area contributed by atoms with Crippen LogP contribution in [-0.4, -0.2) is 25.0 Å². The van der Waals surface area contributed by atoms with E-state index in [1.54, 1.807) is 0 Å². The number of ether oxygens (including phenoxy) is 1. The van der Waals surface area contributed by atoms with Crippen molar-refractivity contribution in [3.05, 3.63) is 35.9 Å². The van der Waals surface area contributed by atoms with Gasteiger partial charge in [0.2, 0.25) is 0 Å². The highest BCUT2D eigenvalue weighted by atomic mass is 16.5.